The van der Waals surface area contributed by atoms with Crippen LogP contribution in [0, 0.1) is 5.41 Å². The molecule has 1 rings (SSSR count). The number of alkyl halides is 1. The van der Waals surface area contributed by atoms with Gasteiger partial charge in [-0.05, 0) is 39.0 Å². The van der Waals surface area contributed by atoms with E-state index in [2.05, 4.69) is 39.0 Å². The van der Waals surface area contributed by atoms with Gasteiger partial charge in [-0.2, -0.15) is 0 Å². The minimum absolute atomic E-state index is 0.0500. The number of nitrogens with zero attached hydrogens (tertiary/aromatic N) is 1. The Labute approximate surface area is 112 Å². The molecule has 0 saturated heterocycles. The minimum atomic E-state index is -0.981. The fourth-order valence-electron chi connectivity index (χ4n) is 2.62. The Morgan fingerprint density at radius 2 is 1.67 bits per heavy atom. The molecular weight excluding hydrogens is 225 g/mol. The number of halogens is 1. The average Bonchev–Trinajstić information content (AvgIpc) is 2.32. The Morgan fingerprint density at radius 1 is 1.17 bits per heavy atom. The number of likely N-dealkylation sites (N-methyl/N-ethyl adjacent to an activating group) is 1. The fourth-order valence-corrected chi connectivity index (χ4v) is 2.62. The molecule has 0 aliphatic heterocycles. The maximum absolute atomic E-state index is 13.9. The van der Waals surface area contributed by atoms with E-state index in [9.17, 15) is 4.39 Å². The van der Waals surface area contributed by atoms with Crippen molar-refractivity contribution < 1.29 is 4.39 Å². The van der Waals surface area contributed by atoms with E-state index in [1.54, 1.807) is 6.92 Å². The zero-order valence-electron chi connectivity index (χ0n) is 12.5. The second kappa shape index (κ2) is 5.46. The number of allylic oxidation sites excluding steroid dienone is 1. The molecule has 0 heterocycles. The first-order valence-corrected chi connectivity index (χ1v) is 6.96. The Morgan fingerprint density at radius 3 is 2.11 bits per heavy atom. The van der Waals surface area contributed by atoms with Crippen LogP contribution in [0.3, 0.4) is 0 Å². The molecule has 0 radical (unpaired) electrons. The maximum Gasteiger partial charge on any atom is 0.108 e. The third-order valence-electron chi connectivity index (χ3n) is 4.51. The van der Waals surface area contributed by atoms with Crippen LogP contribution in [-0.4, -0.2) is 24.2 Å². The summed E-state index contributed by atoms with van der Waals surface area (Å²) in [4.78, 5) is 2.19. The largest absolute Gasteiger partial charge is 0.374 e. The van der Waals surface area contributed by atoms with Crippen LogP contribution in [0.2, 0.25) is 0 Å². The SMILES string of the molecule is C=C(CC)CN(C)C(=C)C1(C)CCC(C)(F)CC1. The Hall–Kier alpha value is -0.790. The van der Waals surface area contributed by atoms with Gasteiger partial charge in [-0.1, -0.05) is 32.6 Å². The van der Waals surface area contributed by atoms with Crippen LogP contribution >= 0.6 is 0 Å². The lowest BCUT2D eigenvalue weighted by atomic mass is 9.69. The molecule has 0 bridgehead atoms. The summed E-state index contributed by atoms with van der Waals surface area (Å²) in [6.07, 6.45) is 4.07. The van der Waals surface area contributed by atoms with E-state index in [4.69, 9.17) is 0 Å². The van der Waals surface area contributed by atoms with Crippen molar-refractivity contribution in [2.24, 2.45) is 5.41 Å². The molecule has 18 heavy (non-hydrogen) atoms. The van der Waals surface area contributed by atoms with Crippen LogP contribution in [0.4, 0.5) is 4.39 Å². The quantitative estimate of drug-likeness (QED) is 0.642. The Kier molecular flexibility index (Phi) is 4.63. The lowest BCUT2D eigenvalue weighted by Crippen LogP contribution is -2.38. The van der Waals surface area contributed by atoms with Crippen LogP contribution in [0.15, 0.2) is 24.4 Å². The van der Waals surface area contributed by atoms with Gasteiger partial charge in [0, 0.05) is 24.7 Å². The van der Waals surface area contributed by atoms with Crippen molar-refractivity contribution >= 4 is 0 Å². The molecule has 2 heteroatoms. The van der Waals surface area contributed by atoms with Crippen molar-refractivity contribution in [2.75, 3.05) is 13.6 Å². The molecule has 104 valence electrons. The van der Waals surface area contributed by atoms with Gasteiger partial charge >= 0.3 is 0 Å². The molecule has 0 atom stereocenters. The molecule has 0 amide bonds. The standard InChI is InChI=1S/C16H28FN/c1-7-13(2)12-18(6)14(3)15(4)8-10-16(5,17)11-9-15/h2-3,7-12H2,1,4-6H3. The van der Waals surface area contributed by atoms with Crippen molar-refractivity contribution in [3.05, 3.63) is 24.4 Å². The molecular formula is C16H28FN. The molecule has 0 spiro atoms. The molecule has 1 aliphatic rings. The highest BCUT2D eigenvalue weighted by atomic mass is 19.1. The molecule has 1 nitrogen and oxygen atoms in total. The first-order chi connectivity index (χ1) is 8.20. The minimum Gasteiger partial charge on any atom is -0.374 e. The Bertz CT molecular complexity index is 320. The first kappa shape index (κ1) is 15.3. The predicted octanol–water partition coefficient (Wildman–Crippen LogP) is 4.71. The molecule has 1 aliphatic carbocycles. The van der Waals surface area contributed by atoms with E-state index in [0.717, 1.165) is 31.5 Å². The summed E-state index contributed by atoms with van der Waals surface area (Å²) >= 11 is 0. The maximum atomic E-state index is 13.9. The third kappa shape index (κ3) is 3.60. The normalized spacial score (nSPS) is 32.1. The topological polar surface area (TPSA) is 3.24 Å². The summed E-state index contributed by atoms with van der Waals surface area (Å²) in [5.41, 5.74) is 1.42. The number of hydrogen-bond acceptors (Lipinski definition) is 1. The van der Waals surface area contributed by atoms with Crippen molar-refractivity contribution in [3.63, 3.8) is 0 Å². The fraction of sp³-hybridized carbons (Fsp3) is 0.750. The highest BCUT2D eigenvalue weighted by molar-refractivity contribution is 5.13. The smallest absolute Gasteiger partial charge is 0.108 e. The van der Waals surface area contributed by atoms with E-state index in [0.29, 0.717) is 12.8 Å². The highest BCUT2D eigenvalue weighted by Crippen LogP contribution is 2.46. The Balaban J connectivity index is 2.63. The molecule has 0 aromatic rings. The summed E-state index contributed by atoms with van der Waals surface area (Å²) in [7, 11) is 2.07. The van der Waals surface area contributed by atoms with Gasteiger partial charge in [-0.3, -0.25) is 0 Å². The van der Waals surface area contributed by atoms with Crippen LogP contribution in [0.1, 0.15) is 52.9 Å². The van der Waals surface area contributed by atoms with Gasteiger partial charge in [0.25, 0.3) is 0 Å². The summed E-state index contributed by atoms with van der Waals surface area (Å²) in [5.74, 6) is 0. The second-order valence-corrected chi connectivity index (χ2v) is 6.38. The van der Waals surface area contributed by atoms with Gasteiger partial charge in [0.15, 0.2) is 0 Å². The lowest BCUT2D eigenvalue weighted by molar-refractivity contribution is 0.0670. The van der Waals surface area contributed by atoms with Crippen LogP contribution < -0.4 is 0 Å². The first-order valence-electron chi connectivity index (χ1n) is 6.96. The van der Waals surface area contributed by atoms with Crippen molar-refractivity contribution in [1.82, 2.24) is 4.90 Å². The predicted molar refractivity (Wildman–Crippen MR) is 77.3 cm³/mol. The zero-order chi connectivity index (χ0) is 14.0. The van der Waals surface area contributed by atoms with Crippen molar-refractivity contribution in [2.45, 2.75) is 58.5 Å². The van der Waals surface area contributed by atoms with Crippen LogP contribution in [-0.2, 0) is 0 Å². The molecule has 0 unspecified atom stereocenters. The summed E-state index contributed by atoms with van der Waals surface area (Å²) in [6.45, 7) is 15.2. The van der Waals surface area contributed by atoms with Crippen LogP contribution in [0.5, 0.6) is 0 Å². The van der Waals surface area contributed by atoms with Gasteiger partial charge in [0.05, 0.1) is 0 Å². The van der Waals surface area contributed by atoms with E-state index in [-0.39, 0.29) is 5.41 Å². The van der Waals surface area contributed by atoms with Crippen molar-refractivity contribution in [3.8, 4) is 0 Å². The van der Waals surface area contributed by atoms with Gasteiger partial charge in [0.1, 0.15) is 5.67 Å². The lowest BCUT2D eigenvalue weighted by Gasteiger charge is -2.43. The van der Waals surface area contributed by atoms with E-state index in [1.165, 1.54) is 5.57 Å². The van der Waals surface area contributed by atoms with Crippen molar-refractivity contribution in [1.29, 1.82) is 0 Å². The van der Waals surface area contributed by atoms with E-state index >= 15 is 0 Å². The summed E-state index contributed by atoms with van der Waals surface area (Å²) in [5, 5.41) is 0. The molecule has 0 aromatic heterocycles. The monoisotopic (exact) mass is 253 g/mol. The molecule has 1 fully saturated rings. The third-order valence-corrected chi connectivity index (χ3v) is 4.51. The number of rotatable bonds is 5. The van der Waals surface area contributed by atoms with Crippen LogP contribution in [0.25, 0.3) is 0 Å². The summed E-state index contributed by atoms with van der Waals surface area (Å²) in [6, 6.07) is 0. The van der Waals surface area contributed by atoms with Gasteiger partial charge in [-0.25, -0.2) is 4.39 Å². The van der Waals surface area contributed by atoms with E-state index < -0.39 is 5.67 Å². The van der Waals surface area contributed by atoms with E-state index in [1.807, 2.05) is 0 Å². The van der Waals surface area contributed by atoms with Gasteiger partial charge < -0.3 is 4.90 Å². The molecule has 0 aromatic carbocycles. The molecule has 0 N–H and O–H groups in total. The van der Waals surface area contributed by atoms with Gasteiger partial charge in [-0.15, -0.1) is 0 Å². The summed E-state index contributed by atoms with van der Waals surface area (Å²) < 4.78 is 13.9. The highest BCUT2D eigenvalue weighted by Gasteiger charge is 2.40. The van der Waals surface area contributed by atoms with Gasteiger partial charge in [0.2, 0.25) is 0 Å². The second-order valence-electron chi connectivity index (χ2n) is 6.38. The number of hydrogen-bond donors (Lipinski definition) is 0. The zero-order valence-corrected chi connectivity index (χ0v) is 12.5. The average molecular weight is 253 g/mol. The molecule has 1 saturated carbocycles.